The van der Waals surface area contributed by atoms with Crippen LogP contribution in [0.3, 0.4) is 0 Å². The Morgan fingerprint density at radius 3 is 2.27 bits per heavy atom. The molecule has 6 heteroatoms. The Labute approximate surface area is 134 Å². The highest BCUT2D eigenvalue weighted by molar-refractivity contribution is 4.81. The smallest absolute Gasteiger partial charge is 0.233 e. The normalized spacial score (nSPS) is 23.0. The summed E-state index contributed by atoms with van der Waals surface area (Å²) in [5.74, 6) is 0. The minimum atomic E-state index is -0.255. The van der Waals surface area contributed by atoms with E-state index >= 15 is 0 Å². The van der Waals surface area contributed by atoms with E-state index in [9.17, 15) is 5.21 Å². The lowest BCUT2D eigenvalue weighted by Gasteiger charge is -2.34. The molecule has 1 saturated carbocycles. The number of piperidine rings is 1. The second kappa shape index (κ2) is 7.49. The minimum Gasteiger partial charge on any atom is -0.569 e. The van der Waals surface area contributed by atoms with Gasteiger partial charge in [0.15, 0.2) is 0 Å². The van der Waals surface area contributed by atoms with Crippen LogP contribution in [-0.4, -0.2) is 52.2 Å². The van der Waals surface area contributed by atoms with Gasteiger partial charge in [0.25, 0.3) is 0 Å². The molecule has 1 aliphatic heterocycles. The van der Waals surface area contributed by atoms with Gasteiger partial charge in [-0.3, -0.25) is 0 Å². The Bertz CT molecular complexity index is 367. The van der Waals surface area contributed by atoms with Gasteiger partial charge >= 0.3 is 0 Å². The Morgan fingerprint density at radius 1 is 1.18 bits per heavy atom. The second-order valence-electron chi connectivity index (χ2n) is 7.50. The van der Waals surface area contributed by atoms with Gasteiger partial charge in [0.2, 0.25) is 5.28 Å². The molecule has 2 fully saturated rings. The second-order valence-corrected chi connectivity index (χ2v) is 7.50. The Hall–Kier alpha value is -1.04. The van der Waals surface area contributed by atoms with E-state index in [1.54, 1.807) is 5.01 Å². The molecule has 6 nitrogen and oxygen atoms in total. The lowest BCUT2D eigenvalue weighted by Crippen LogP contribution is -2.46. The quantitative estimate of drug-likeness (QED) is 0.444. The van der Waals surface area contributed by atoms with Gasteiger partial charge in [0, 0.05) is 19.1 Å². The summed E-state index contributed by atoms with van der Waals surface area (Å²) in [6, 6.07) is 0.783. The van der Waals surface area contributed by atoms with Gasteiger partial charge in [-0.25, -0.2) is 0 Å². The molecule has 0 unspecified atom stereocenters. The van der Waals surface area contributed by atoms with Crippen LogP contribution in [0.15, 0.2) is 5.28 Å². The van der Waals surface area contributed by atoms with Crippen molar-refractivity contribution in [1.82, 2.24) is 9.91 Å². The lowest BCUT2D eigenvalue weighted by atomic mass is 10.1. The Balaban J connectivity index is 1.79. The first kappa shape index (κ1) is 17.3. The standard InChI is InChI=1S/C16H32N4O2/c1-5-19(16(2,3)4)20(21)17-22-15-10-12-18(13-11-15)14-8-6-7-9-14/h14-15H,5-13H2,1-4H3/b20-17+. The summed E-state index contributed by atoms with van der Waals surface area (Å²) in [7, 11) is 0. The molecule has 0 aromatic carbocycles. The number of rotatable bonds is 5. The first-order valence-electron chi connectivity index (χ1n) is 8.77. The molecule has 128 valence electrons. The molecular formula is C16H32N4O2. The molecule has 0 atom stereocenters. The van der Waals surface area contributed by atoms with Crippen molar-refractivity contribution >= 4 is 0 Å². The molecule has 2 rings (SSSR count). The van der Waals surface area contributed by atoms with Gasteiger partial charge in [-0.05, 0) is 53.4 Å². The summed E-state index contributed by atoms with van der Waals surface area (Å²) in [5, 5.41) is 17.5. The molecule has 1 aliphatic carbocycles. The molecule has 0 N–H and O–H groups in total. The van der Waals surface area contributed by atoms with Crippen molar-refractivity contribution in [3.63, 3.8) is 0 Å². The van der Waals surface area contributed by atoms with E-state index in [-0.39, 0.29) is 11.6 Å². The number of hydrazine groups is 1. The van der Waals surface area contributed by atoms with Crippen LogP contribution in [0.1, 0.15) is 66.2 Å². The van der Waals surface area contributed by atoms with Crippen LogP contribution in [0.2, 0.25) is 0 Å². The van der Waals surface area contributed by atoms with Crippen LogP contribution < -0.4 is 0 Å². The maximum absolute atomic E-state index is 12.1. The van der Waals surface area contributed by atoms with Crippen LogP contribution in [0.4, 0.5) is 0 Å². The van der Waals surface area contributed by atoms with E-state index in [1.165, 1.54) is 25.7 Å². The molecule has 1 saturated heterocycles. The predicted octanol–water partition coefficient (Wildman–Crippen LogP) is 3.32. The monoisotopic (exact) mass is 312 g/mol. The van der Waals surface area contributed by atoms with Crippen molar-refractivity contribution in [3.8, 4) is 0 Å². The molecule has 0 spiro atoms. The molecule has 0 bridgehead atoms. The zero-order valence-electron chi connectivity index (χ0n) is 14.6. The highest BCUT2D eigenvalue weighted by Crippen LogP contribution is 2.26. The van der Waals surface area contributed by atoms with Crippen molar-refractivity contribution in [2.45, 2.75) is 83.9 Å². The van der Waals surface area contributed by atoms with Gasteiger partial charge in [0.1, 0.15) is 6.10 Å². The fourth-order valence-corrected chi connectivity index (χ4v) is 3.62. The topological polar surface area (TPSA) is 54.1 Å². The van der Waals surface area contributed by atoms with E-state index < -0.39 is 0 Å². The summed E-state index contributed by atoms with van der Waals surface area (Å²) in [4.78, 5) is 8.71. The zero-order valence-corrected chi connectivity index (χ0v) is 14.6. The Kier molecular flexibility index (Phi) is 5.89. The van der Waals surface area contributed by atoms with Gasteiger partial charge < -0.3 is 14.9 Å². The van der Waals surface area contributed by atoms with Gasteiger partial charge in [-0.15, -0.1) is 5.01 Å². The lowest BCUT2D eigenvalue weighted by molar-refractivity contribution is -0.725. The fourth-order valence-electron chi connectivity index (χ4n) is 3.62. The van der Waals surface area contributed by atoms with Crippen molar-refractivity contribution in [3.05, 3.63) is 5.21 Å². The maximum atomic E-state index is 12.1. The van der Waals surface area contributed by atoms with Crippen molar-refractivity contribution < 1.29 is 9.81 Å². The van der Waals surface area contributed by atoms with Crippen molar-refractivity contribution in [1.29, 1.82) is 0 Å². The average molecular weight is 312 g/mol. The van der Waals surface area contributed by atoms with Crippen LogP contribution in [0, 0.1) is 5.21 Å². The summed E-state index contributed by atoms with van der Waals surface area (Å²) in [6.45, 7) is 10.7. The van der Waals surface area contributed by atoms with E-state index in [2.05, 4.69) is 10.2 Å². The largest absolute Gasteiger partial charge is 0.569 e. The zero-order chi connectivity index (χ0) is 16.2. The third kappa shape index (κ3) is 4.48. The first-order valence-corrected chi connectivity index (χ1v) is 8.77. The number of hydrogen-bond donors (Lipinski definition) is 0. The summed E-state index contributed by atoms with van der Waals surface area (Å²) >= 11 is 0. The number of hydrogen-bond acceptors (Lipinski definition) is 4. The van der Waals surface area contributed by atoms with Gasteiger partial charge in [0.05, 0.1) is 17.1 Å². The third-order valence-electron chi connectivity index (χ3n) is 4.86. The summed E-state index contributed by atoms with van der Waals surface area (Å²) < 4.78 is 0. The maximum Gasteiger partial charge on any atom is 0.233 e. The van der Waals surface area contributed by atoms with Crippen molar-refractivity contribution in [2.24, 2.45) is 5.28 Å². The Morgan fingerprint density at radius 2 is 1.77 bits per heavy atom. The van der Waals surface area contributed by atoms with Crippen LogP contribution in [0.5, 0.6) is 0 Å². The molecule has 22 heavy (non-hydrogen) atoms. The van der Waals surface area contributed by atoms with E-state index in [1.807, 2.05) is 27.7 Å². The molecule has 0 aromatic rings. The fraction of sp³-hybridized carbons (Fsp3) is 1.00. The van der Waals surface area contributed by atoms with Crippen LogP contribution >= 0.6 is 0 Å². The van der Waals surface area contributed by atoms with E-state index in [0.717, 1.165) is 32.0 Å². The molecule has 2 aliphatic rings. The number of nitrogens with zero attached hydrogens (tertiary/aromatic N) is 4. The van der Waals surface area contributed by atoms with Crippen molar-refractivity contribution in [2.75, 3.05) is 19.6 Å². The summed E-state index contributed by atoms with van der Waals surface area (Å²) in [5.41, 5.74) is -0.255. The highest BCUT2D eigenvalue weighted by Gasteiger charge is 2.30. The molecule has 0 radical (unpaired) electrons. The first-order chi connectivity index (χ1) is 10.4. The minimum absolute atomic E-state index is 0.0766. The molecule has 0 amide bonds. The highest BCUT2D eigenvalue weighted by atomic mass is 16.7. The number of likely N-dealkylation sites (tertiary alicyclic amines) is 1. The molecule has 0 aromatic heterocycles. The van der Waals surface area contributed by atoms with Gasteiger partial charge in [-0.1, -0.05) is 12.8 Å². The van der Waals surface area contributed by atoms with E-state index in [4.69, 9.17) is 4.84 Å². The molecular weight excluding hydrogens is 280 g/mol. The average Bonchev–Trinajstić information content (AvgIpc) is 2.99. The molecule has 1 heterocycles. The predicted molar refractivity (Wildman–Crippen MR) is 86.1 cm³/mol. The SMILES string of the molecule is CCN(/[N+]([O-])=N\OC1CCN(C2CCCC2)CC1)C(C)(C)C. The van der Waals surface area contributed by atoms with Crippen LogP contribution in [0.25, 0.3) is 0 Å². The third-order valence-corrected chi connectivity index (χ3v) is 4.86. The van der Waals surface area contributed by atoms with Crippen LogP contribution in [-0.2, 0) is 4.84 Å². The van der Waals surface area contributed by atoms with Gasteiger partial charge in [-0.2, -0.15) is 0 Å². The van der Waals surface area contributed by atoms with E-state index in [0.29, 0.717) is 11.5 Å². The summed E-state index contributed by atoms with van der Waals surface area (Å²) in [6.07, 6.45) is 7.46.